The van der Waals surface area contributed by atoms with Gasteiger partial charge in [0.1, 0.15) is 0 Å². The van der Waals surface area contributed by atoms with Crippen molar-refractivity contribution in [3.63, 3.8) is 0 Å². The summed E-state index contributed by atoms with van der Waals surface area (Å²) in [6, 6.07) is 0.697. The van der Waals surface area contributed by atoms with Crippen LogP contribution in [0.3, 0.4) is 0 Å². The fourth-order valence-corrected chi connectivity index (χ4v) is 3.01. The third kappa shape index (κ3) is 3.32. The molecular formula is C14H25N3. The van der Waals surface area contributed by atoms with Crippen LogP contribution in [0.2, 0.25) is 0 Å². The predicted octanol–water partition coefficient (Wildman–Crippen LogP) is 2.61. The lowest BCUT2D eigenvalue weighted by atomic mass is 9.93. The van der Waals surface area contributed by atoms with Crippen LogP contribution in [0.25, 0.3) is 0 Å². The Morgan fingerprint density at radius 1 is 1.47 bits per heavy atom. The van der Waals surface area contributed by atoms with Gasteiger partial charge in [-0.05, 0) is 51.1 Å². The van der Waals surface area contributed by atoms with E-state index in [9.17, 15) is 0 Å². The molecule has 1 unspecified atom stereocenters. The lowest BCUT2D eigenvalue weighted by Gasteiger charge is -2.22. The number of hydrogen-bond donors (Lipinski definition) is 1. The maximum absolute atomic E-state index is 4.33. The monoisotopic (exact) mass is 235 g/mol. The maximum Gasteiger partial charge on any atom is 0.0521 e. The highest BCUT2D eigenvalue weighted by molar-refractivity contribution is 5.04. The molecule has 3 heteroatoms. The van der Waals surface area contributed by atoms with Gasteiger partial charge in [-0.2, -0.15) is 5.10 Å². The van der Waals surface area contributed by atoms with Crippen molar-refractivity contribution in [1.82, 2.24) is 15.1 Å². The summed E-state index contributed by atoms with van der Waals surface area (Å²) in [6.07, 6.45) is 12.3. The summed E-state index contributed by atoms with van der Waals surface area (Å²) in [7, 11) is 2.11. The van der Waals surface area contributed by atoms with Crippen molar-refractivity contribution in [2.75, 3.05) is 7.05 Å². The van der Waals surface area contributed by atoms with Crippen molar-refractivity contribution >= 4 is 0 Å². The molecule has 17 heavy (non-hydrogen) atoms. The van der Waals surface area contributed by atoms with E-state index in [0.717, 1.165) is 18.9 Å². The number of nitrogens with one attached hydrogen (secondary N) is 1. The summed E-state index contributed by atoms with van der Waals surface area (Å²) in [5, 5.41) is 7.84. The number of hydrogen-bond acceptors (Lipinski definition) is 2. The smallest absolute Gasteiger partial charge is 0.0521 e. The summed E-state index contributed by atoms with van der Waals surface area (Å²) in [4.78, 5) is 0. The Labute approximate surface area is 105 Å². The molecule has 0 radical (unpaired) electrons. The molecule has 1 aliphatic rings. The Hall–Kier alpha value is -0.830. The molecule has 1 aromatic heterocycles. The zero-order valence-electron chi connectivity index (χ0n) is 11.2. The van der Waals surface area contributed by atoms with Gasteiger partial charge in [0.05, 0.1) is 6.20 Å². The van der Waals surface area contributed by atoms with E-state index in [1.165, 1.54) is 37.7 Å². The second-order valence-electron chi connectivity index (χ2n) is 5.18. The van der Waals surface area contributed by atoms with Gasteiger partial charge in [0.2, 0.25) is 0 Å². The van der Waals surface area contributed by atoms with E-state index >= 15 is 0 Å². The average molecular weight is 235 g/mol. The van der Waals surface area contributed by atoms with Crippen LogP contribution in [0.1, 0.15) is 44.6 Å². The van der Waals surface area contributed by atoms with Gasteiger partial charge in [-0.15, -0.1) is 0 Å². The highest BCUT2D eigenvalue weighted by Gasteiger charge is 2.23. The van der Waals surface area contributed by atoms with E-state index < -0.39 is 0 Å². The topological polar surface area (TPSA) is 29.9 Å². The van der Waals surface area contributed by atoms with Gasteiger partial charge in [-0.3, -0.25) is 4.68 Å². The Morgan fingerprint density at radius 3 is 2.82 bits per heavy atom. The second kappa shape index (κ2) is 6.20. The van der Waals surface area contributed by atoms with Crippen molar-refractivity contribution in [3.05, 3.63) is 18.0 Å². The molecule has 1 fully saturated rings. The summed E-state index contributed by atoms with van der Waals surface area (Å²) in [5.74, 6) is 0.904. The summed E-state index contributed by atoms with van der Waals surface area (Å²) >= 11 is 0. The molecular weight excluding hydrogens is 210 g/mol. The Morgan fingerprint density at radius 2 is 2.24 bits per heavy atom. The molecule has 1 heterocycles. The van der Waals surface area contributed by atoms with E-state index in [0.29, 0.717) is 6.04 Å². The number of nitrogens with zero attached hydrogens (tertiary/aromatic N) is 2. The SMILES string of the molecule is CCn1cc(CCC(NC)C2CCCC2)cn1. The molecule has 0 saturated heterocycles. The molecule has 0 bridgehead atoms. The first-order valence-electron chi connectivity index (χ1n) is 7.02. The first kappa shape index (κ1) is 12.6. The van der Waals surface area contributed by atoms with Gasteiger partial charge in [0, 0.05) is 18.8 Å². The van der Waals surface area contributed by atoms with Crippen molar-refractivity contribution in [2.45, 2.75) is 58.0 Å². The van der Waals surface area contributed by atoms with Crippen LogP contribution < -0.4 is 5.32 Å². The van der Waals surface area contributed by atoms with E-state index in [4.69, 9.17) is 0 Å². The molecule has 1 atom stereocenters. The van der Waals surface area contributed by atoms with Crippen molar-refractivity contribution in [2.24, 2.45) is 5.92 Å². The van der Waals surface area contributed by atoms with Gasteiger partial charge in [0.15, 0.2) is 0 Å². The van der Waals surface area contributed by atoms with Crippen LogP contribution in [-0.4, -0.2) is 22.9 Å². The maximum atomic E-state index is 4.33. The molecule has 2 rings (SSSR count). The third-order valence-electron chi connectivity index (χ3n) is 4.09. The van der Waals surface area contributed by atoms with Crippen LogP contribution in [-0.2, 0) is 13.0 Å². The Balaban J connectivity index is 1.82. The molecule has 0 aromatic carbocycles. The highest BCUT2D eigenvalue weighted by atomic mass is 15.3. The van der Waals surface area contributed by atoms with Crippen LogP contribution in [0.5, 0.6) is 0 Å². The van der Waals surface area contributed by atoms with Crippen LogP contribution in [0, 0.1) is 5.92 Å². The molecule has 0 spiro atoms. The Bertz CT molecular complexity index is 326. The normalized spacial score (nSPS) is 18.7. The molecule has 1 N–H and O–H groups in total. The summed E-state index contributed by atoms with van der Waals surface area (Å²) in [6.45, 7) is 3.10. The molecule has 1 aromatic rings. The number of aryl methyl sites for hydroxylation is 2. The van der Waals surface area contributed by atoms with Crippen molar-refractivity contribution < 1.29 is 0 Å². The quantitative estimate of drug-likeness (QED) is 0.821. The fourth-order valence-electron chi connectivity index (χ4n) is 3.01. The first-order valence-corrected chi connectivity index (χ1v) is 7.02. The van der Waals surface area contributed by atoms with E-state index in [-0.39, 0.29) is 0 Å². The minimum absolute atomic E-state index is 0.697. The largest absolute Gasteiger partial charge is 0.317 e. The van der Waals surface area contributed by atoms with Crippen molar-refractivity contribution in [3.8, 4) is 0 Å². The standard InChI is InChI=1S/C14H25N3/c1-3-17-11-12(10-16-17)8-9-14(15-2)13-6-4-5-7-13/h10-11,13-15H,3-9H2,1-2H3. The van der Waals surface area contributed by atoms with Gasteiger partial charge in [-0.1, -0.05) is 12.8 Å². The van der Waals surface area contributed by atoms with Gasteiger partial charge in [-0.25, -0.2) is 0 Å². The Kier molecular flexibility index (Phi) is 4.60. The molecule has 0 aliphatic heterocycles. The van der Waals surface area contributed by atoms with Crippen LogP contribution >= 0.6 is 0 Å². The van der Waals surface area contributed by atoms with E-state index in [2.05, 4.69) is 30.6 Å². The van der Waals surface area contributed by atoms with Crippen molar-refractivity contribution in [1.29, 1.82) is 0 Å². The fraction of sp³-hybridized carbons (Fsp3) is 0.786. The predicted molar refractivity (Wildman–Crippen MR) is 71.0 cm³/mol. The number of rotatable bonds is 6. The van der Waals surface area contributed by atoms with Crippen LogP contribution in [0.4, 0.5) is 0 Å². The first-order chi connectivity index (χ1) is 8.33. The zero-order valence-corrected chi connectivity index (χ0v) is 11.2. The van der Waals surface area contributed by atoms with Gasteiger partial charge < -0.3 is 5.32 Å². The van der Waals surface area contributed by atoms with E-state index in [1.807, 2.05) is 10.9 Å². The third-order valence-corrected chi connectivity index (χ3v) is 4.09. The minimum Gasteiger partial charge on any atom is -0.317 e. The molecule has 1 saturated carbocycles. The lowest BCUT2D eigenvalue weighted by molar-refractivity contribution is 0.360. The average Bonchev–Trinajstić information content (AvgIpc) is 3.00. The highest BCUT2D eigenvalue weighted by Crippen LogP contribution is 2.29. The summed E-state index contributed by atoms with van der Waals surface area (Å²) in [5.41, 5.74) is 1.38. The zero-order chi connectivity index (χ0) is 12.1. The van der Waals surface area contributed by atoms with Gasteiger partial charge in [0.25, 0.3) is 0 Å². The molecule has 96 valence electrons. The minimum atomic E-state index is 0.697. The molecule has 3 nitrogen and oxygen atoms in total. The van der Waals surface area contributed by atoms with Gasteiger partial charge >= 0.3 is 0 Å². The molecule has 0 amide bonds. The van der Waals surface area contributed by atoms with Crippen LogP contribution in [0.15, 0.2) is 12.4 Å². The number of aromatic nitrogens is 2. The summed E-state index contributed by atoms with van der Waals surface area (Å²) < 4.78 is 2.01. The lowest BCUT2D eigenvalue weighted by Crippen LogP contribution is -2.32. The molecule has 1 aliphatic carbocycles. The van der Waals surface area contributed by atoms with E-state index in [1.54, 1.807) is 0 Å². The second-order valence-corrected chi connectivity index (χ2v) is 5.18.